The Morgan fingerprint density at radius 2 is 1.22 bits per heavy atom. The van der Waals surface area contributed by atoms with E-state index in [0.717, 1.165) is 40.1 Å². The second kappa shape index (κ2) is 17.5. The molecule has 0 bridgehead atoms. The van der Waals surface area contributed by atoms with E-state index in [2.05, 4.69) is 45.2 Å². The molecule has 0 aliphatic heterocycles. The van der Waals surface area contributed by atoms with Crippen molar-refractivity contribution >= 4 is 33.9 Å². The SMILES string of the molecule is COc1ncccc1-c1ccc(O)c(-c2nc3cc(C(=O)NCCc4cnc[nH]4)c(F)cc3[nH]2)c1.COc1ncccc1-c1ccc(O)c(-c2nc3cc(C(=O)O)c(F)cc3[nH]2)c1. The van der Waals surface area contributed by atoms with Crippen LogP contribution in [0, 0.1) is 11.6 Å². The van der Waals surface area contributed by atoms with Gasteiger partial charge in [-0.2, -0.15) is 0 Å². The van der Waals surface area contributed by atoms with Gasteiger partial charge in [0.15, 0.2) is 0 Å². The lowest BCUT2D eigenvalue weighted by Crippen LogP contribution is -2.26. The number of aromatic hydroxyl groups is 2. The van der Waals surface area contributed by atoms with Gasteiger partial charge >= 0.3 is 5.97 Å². The number of fused-ring (bicyclic) bond motifs is 2. The zero-order valence-corrected chi connectivity index (χ0v) is 33.3. The van der Waals surface area contributed by atoms with Gasteiger partial charge in [0.2, 0.25) is 11.8 Å². The van der Waals surface area contributed by atoms with Crippen molar-refractivity contribution in [2.24, 2.45) is 0 Å². The van der Waals surface area contributed by atoms with Crippen molar-refractivity contribution in [3.05, 3.63) is 138 Å². The molecule has 63 heavy (non-hydrogen) atoms. The summed E-state index contributed by atoms with van der Waals surface area (Å²) >= 11 is 0. The molecule has 5 heterocycles. The van der Waals surface area contributed by atoms with Crippen LogP contribution >= 0.6 is 0 Å². The van der Waals surface area contributed by atoms with E-state index in [4.69, 9.17) is 14.6 Å². The molecule has 0 spiro atoms. The Hall–Kier alpha value is -8.67. The Morgan fingerprint density at radius 3 is 1.71 bits per heavy atom. The van der Waals surface area contributed by atoms with Crippen molar-refractivity contribution in [3.8, 4) is 68.3 Å². The highest BCUT2D eigenvalue weighted by Crippen LogP contribution is 2.37. The smallest absolute Gasteiger partial charge is 0.338 e. The number of aromatic amines is 3. The lowest BCUT2D eigenvalue weighted by atomic mass is 10.0. The Kier molecular flexibility index (Phi) is 11.4. The van der Waals surface area contributed by atoms with Crippen molar-refractivity contribution < 1.29 is 43.2 Å². The molecule has 0 atom stereocenters. The molecule has 1 amide bonds. The van der Waals surface area contributed by atoms with Gasteiger partial charge in [-0.15, -0.1) is 0 Å². The van der Waals surface area contributed by atoms with Gasteiger partial charge in [-0.3, -0.25) is 4.79 Å². The second-order valence-corrected chi connectivity index (χ2v) is 13.8. The number of halogens is 2. The van der Waals surface area contributed by atoms with E-state index < -0.39 is 29.1 Å². The summed E-state index contributed by atoms with van der Waals surface area (Å²) in [5.74, 6) is -2.02. The molecule has 9 rings (SSSR count). The third-order valence-electron chi connectivity index (χ3n) is 9.91. The maximum Gasteiger partial charge on any atom is 0.338 e. The molecule has 0 fully saturated rings. The first kappa shape index (κ1) is 41.1. The first-order valence-corrected chi connectivity index (χ1v) is 19.0. The van der Waals surface area contributed by atoms with Gasteiger partial charge in [0, 0.05) is 60.5 Å². The van der Waals surface area contributed by atoms with Gasteiger partial charge in [0.1, 0.15) is 34.8 Å². The van der Waals surface area contributed by atoms with Gasteiger partial charge in [-0.1, -0.05) is 12.1 Å². The number of benzene rings is 4. The maximum atomic E-state index is 14.7. The van der Waals surface area contributed by atoms with E-state index in [9.17, 15) is 28.6 Å². The van der Waals surface area contributed by atoms with Crippen LogP contribution in [0.4, 0.5) is 8.78 Å². The number of carboxylic acids is 1. The number of pyridine rings is 2. The number of hydrogen-bond acceptors (Lipinski definition) is 11. The largest absolute Gasteiger partial charge is 0.507 e. The first-order chi connectivity index (χ1) is 30.5. The molecule has 0 aliphatic rings. The van der Waals surface area contributed by atoms with E-state index >= 15 is 0 Å². The molecule has 0 unspecified atom stereocenters. The van der Waals surface area contributed by atoms with E-state index in [1.165, 1.54) is 32.4 Å². The monoisotopic (exact) mass is 851 g/mol. The number of nitrogens with one attached hydrogen (secondary N) is 4. The van der Waals surface area contributed by atoms with Crippen molar-refractivity contribution in [1.82, 2.24) is 45.2 Å². The number of phenolic OH excluding ortho intramolecular Hbond substituents is 2. The molecule has 16 nitrogen and oxygen atoms in total. The van der Waals surface area contributed by atoms with Crippen LogP contribution in [-0.2, 0) is 6.42 Å². The van der Waals surface area contributed by atoms with Gasteiger partial charge in [0.25, 0.3) is 5.91 Å². The average molecular weight is 852 g/mol. The van der Waals surface area contributed by atoms with Crippen LogP contribution in [0.3, 0.4) is 0 Å². The molecule has 0 saturated carbocycles. The average Bonchev–Trinajstić information content (AvgIpc) is 4.07. The number of H-pyrrole nitrogens is 3. The molecule has 18 heteroatoms. The molecule has 4 aromatic carbocycles. The van der Waals surface area contributed by atoms with Crippen LogP contribution < -0.4 is 14.8 Å². The highest BCUT2D eigenvalue weighted by atomic mass is 19.1. The topological polar surface area (TPSA) is 237 Å². The Morgan fingerprint density at radius 1 is 0.698 bits per heavy atom. The number of hydrogen-bond donors (Lipinski definition) is 7. The van der Waals surface area contributed by atoms with Crippen LogP contribution in [0.2, 0.25) is 0 Å². The fourth-order valence-electron chi connectivity index (χ4n) is 6.81. The fourth-order valence-corrected chi connectivity index (χ4v) is 6.81. The van der Waals surface area contributed by atoms with Gasteiger partial charge < -0.3 is 45.1 Å². The van der Waals surface area contributed by atoms with Crippen LogP contribution in [0.5, 0.6) is 23.3 Å². The van der Waals surface area contributed by atoms with E-state index in [1.54, 1.807) is 67.4 Å². The summed E-state index contributed by atoms with van der Waals surface area (Å²) in [5.41, 5.74) is 5.41. The Bertz CT molecular complexity index is 3150. The molecule has 316 valence electrons. The number of carboxylic acid groups (broad SMARTS) is 1. The third kappa shape index (κ3) is 8.53. The van der Waals surface area contributed by atoms with Crippen molar-refractivity contribution in [1.29, 1.82) is 0 Å². The summed E-state index contributed by atoms with van der Waals surface area (Å²) < 4.78 is 39.3. The number of carbonyl (C=O) groups excluding carboxylic acids is 1. The molecule has 0 radical (unpaired) electrons. The van der Waals surface area contributed by atoms with Crippen LogP contribution in [-0.4, -0.2) is 87.8 Å². The maximum absolute atomic E-state index is 14.7. The van der Waals surface area contributed by atoms with Crippen LogP contribution in [0.1, 0.15) is 26.4 Å². The van der Waals surface area contributed by atoms with Crippen LogP contribution in [0.15, 0.2) is 110 Å². The molecule has 9 aromatic rings. The summed E-state index contributed by atoms with van der Waals surface area (Å²) in [4.78, 5) is 53.7. The van der Waals surface area contributed by atoms with Crippen molar-refractivity contribution in [2.45, 2.75) is 6.42 Å². The number of ether oxygens (including phenoxy) is 2. The summed E-state index contributed by atoms with van der Waals surface area (Å²) in [7, 11) is 3.05. The third-order valence-corrected chi connectivity index (χ3v) is 9.91. The van der Waals surface area contributed by atoms with Crippen molar-refractivity contribution in [3.63, 3.8) is 0 Å². The van der Waals surface area contributed by atoms with Crippen LogP contribution in [0.25, 0.3) is 67.1 Å². The molecular formula is C45H35F2N9O7. The van der Waals surface area contributed by atoms with Crippen molar-refractivity contribution in [2.75, 3.05) is 20.8 Å². The minimum Gasteiger partial charge on any atom is -0.507 e. The summed E-state index contributed by atoms with van der Waals surface area (Å²) in [5, 5.41) is 32.6. The predicted molar refractivity (Wildman–Crippen MR) is 227 cm³/mol. The number of nitrogens with zero attached hydrogens (tertiary/aromatic N) is 5. The minimum atomic E-state index is -1.38. The van der Waals surface area contributed by atoms with Gasteiger partial charge in [-0.05, 0) is 71.8 Å². The molecule has 0 saturated heterocycles. The first-order valence-electron chi connectivity index (χ1n) is 19.0. The normalized spacial score (nSPS) is 11.0. The molecular weight excluding hydrogens is 817 g/mol. The number of aromatic nitrogens is 8. The van der Waals surface area contributed by atoms with E-state index in [0.29, 0.717) is 58.2 Å². The lowest BCUT2D eigenvalue weighted by Gasteiger charge is -2.09. The number of methoxy groups -OCH3 is 2. The predicted octanol–water partition coefficient (Wildman–Crippen LogP) is 7.68. The fraction of sp³-hybridized carbons (Fsp3) is 0.0889. The zero-order valence-electron chi connectivity index (χ0n) is 33.3. The standard InChI is InChI=1S/C25H21FN6O3.C20H14FN3O4/c1-35-25-16(3-2-7-29-25)14-4-5-22(33)18(9-14)23-31-20-10-17(19(26)11-21(20)32-23)24(34)28-8-6-15-12-27-13-30-15;1-28-19-11(3-2-6-22-19)10-4-5-17(25)13(7-10)18-23-15-8-12(20(26)27)14(21)9-16(15)24-18/h2-5,7,9-13,33H,6,8H2,1H3,(H,27,30)(H,28,34)(H,31,32);2-9,25H,1H3,(H,23,24)(H,26,27). The van der Waals surface area contributed by atoms with E-state index in [-0.39, 0.29) is 28.4 Å². The number of rotatable bonds is 11. The number of aromatic carboxylic acids is 1. The Labute approximate surface area is 355 Å². The minimum absolute atomic E-state index is 0.00657. The summed E-state index contributed by atoms with van der Waals surface area (Å²) in [6, 6.07) is 22.0. The Balaban J connectivity index is 0.000000177. The lowest BCUT2D eigenvalue weighted by molar-refractivity contribution is 0.0691. The molecule has 5 aromatic heterocycles. The summed E-state index contributed by atoms with van der Waals surface area (Å²) in [6.07, 6.45) is 7.00. The highest BCUT2D eigenvalue weighted by Gasteiger charge is 2.20. The summed E-state index contributed by atoms with van der Waals surface area (Å²) in [6.45, 7) is 0.322. The van der Waals surface area contributed by atoms with E-state index in [1.807, 2.05) is 12.1 Å². The quantitative estimate of drug-likeness (QED) is 0.0663. The number of phenols is 2. The number of imidazole rings is 3. The zero-order chi connectivity index (χ0) is 44.2. The van der Waals surface area contributed by atoms with Gasteiger partial charge in [0.05, 0.1) is 64.9 Å². The highest BCUT2D eigenvalue weighted by molar-refractivity contribution is 5.98. The van der Waals surface area contributed by atoms with Gasteiger partial charge in [-0.25, -0.2) is 38.5 Å². The number of carbonyl (C=O) groups is 2. The second-order valence-electron chi connectivity index (χ2n) is 13.8. The molecule has 0 aliphatic carbocycles. The number of amides is 1. The molecule has 7 N–H and O–H groups in total.